The molecule has 1 aliphatic carbocycles. The van der Waals surface area contributed by atoms with E-state index in [4.69, 9.17) is 4.74 Å². The van der Waals surface area contributed by atoms with Gasteiger partial charge in [-0.25, -0.2) is 0 Å². The minimum absolute atomic E-state index is 0.0590. The summed E-state index contributed by atoms with van der Waals surface area (Å²) in [5, 5.41) is 10.7. The van der Waals surface area contributed by atoms with Gasteiger partial charge in [0.25, 0.3) is 5.69 Å². The minimum atomic E-state index is -0.494. The average Bonchev–Trinajstić information content (AvgIpc) is 3.28. The highest BCUT2D eigenvalue weighted by Gasteiger charge is 2.21. The van der Waals surface area contributed by atoms with E-state index in [-0.39, 0.29) is 18.0 Å². The smallest absolute Gasteiger partial charge is 0.270 e. The lowest BCUT2D eigenvalue weighted by Crippen LogP contribution is -2.29. The fourth-order valence-corrected chi connectivity index (χ4v) is 1.96. The molecule has 0 radical (unpaired) electrons. The van der Waals surface area contributed by atoms with Crippen molar-refractivity contribution in [2.75, 3.05) is 33.4 Å². The van der Waals surface area contributed by atoms with Gasteiger partial charge in [0.05, 0.1) is 18.1 Å². The molecule has 1 aromatic carbocycles. The summed E-state index contributed by atoms with van der Waals surface area (Å²) in [5.74, 6) is 0.616. The number of nitrogens with zero attached hydrogens (tertiary/aromatic N) is 2. The average molecular weight is 292 g/mol. The molecule has 0 N–H and O–H groups in total. The first-order valence-corrected chi connectivity index (χ1v) is 7.10. The number of carbonyl (C=O) groups is 1. The van der Waals surface area contributed by atoms with Crippen molar-refractivity contribution in [1.82, 2.24) is 4.90 Å². The largest absolute Gasteiger partial charge is 0.380 e. The van der Waals surface area contributed by atoms with E-state index in [0.29, 0.717) is 18.7 Å². The Labute approximate surface area is 123 Å². The summed E-state index contributed by atoms with van der Waals surface area (Å²) in [7, 11) is 1.84. The molecule has 0 heterocycles. The van der Waals surface area contributed by atoms with E-state index in [1.807, 2.05) is 11.9 Å². The summed E-state index contributed by atoms with van der Waals surface area (Å²) < 4.78 is 5.52. The number of nitro groups is 1. The molecule has 0 aromatic heterocycles. The van der Waals surface area contributed by atoms with E-state index >= 15 is 0 Å². The zero-order chi connectivity index (χ0) is 15.2. The molecular formula is C15H20N2O4. The maximum atomic E-state index is 12.1. The molecule has 1 fully saturated rings. The molecule has 1 aromatic rings. The number of likely N-dealkylation sites (N-methyl/N-ethyl adjacent to an activating group) is 1. The number of rotatable bonds is 9. The van der Waals surface area contributed by atoms with Crippen LogP contribution in [0.4, 0.5) is 5.69 Å². The number of hydrogen-bond acceptors (Lipinski definition) is 5. The van der Waals surface area contributed by atoms with Crippen molar-refractivity contribution in [3.05, 3.63) is 39.9 Å². The van der Waals surface area contributed by atoms with Crippen LogP contribution in [-0.2, 0) is 4.74 Å². The van der Waals surface area contributed by atoms with Crippen LogP contribution in [-0.4, -0.2) is 49.0 Å². The fourth-order valence-electron chi connectivity index (χ4n) is 1.96. The second-order valence-electron chi connectivity index (χ2n) is 5.49. The summed E-state index contributed by atoms with van der Waals surface area (Å²) >= 11 is 0. The first-order chi connectivity index (χ1) is 10.1. The monoisotopic (exact) mass is 292 g/mol. The Morgan fingerprint density at radius 3 is 2.90 bits per heavy atom. The molecule has 6 heteroatoms. The number of nitro benzene ring substituents is 1. The summed E-state index contributed by atoms with van der Waals surface area (Å²) in [6.45, 7) is 2.32. The van der Waals surface area contributed by atoms with E-state index in [0.717, 1.165) is 12.5 Å². The molecule has 1 saturated carbocycles. The van der Waals surface area contributed by atoms with Gasteiger partial charge in [0.15, 0.2) is 5.78 Å². The van der Waals surface area contributed by atoms with Crippen LogP contribution in [0.1, 0.15) is 23.2 Å². The van der Waals surface area contributed by atoms with Gasteiger partial charge in [-0.2, -0.15) is 0 Å². The van der Waals surface area contributed by atoms with Gasteiger partial charge in [-0.15, -0.1) is 0 Å². The predicted molar refractivity (Wildman–Crippen MR) is 78.5 cm³/mol. The van der Waals surface area contributed by atoms with Gasteiger partial charge in [-0.1, -0.05) is 12.1 Å². The SMILES string of the molecule is CN(CCOCC1CC1)CC(=O)c1cccc([N+](=O)[O-])c1. The second kappa shape index (κ2) is 7.28. The Balaban J connectivity index is 1.76. The van der Waals surface area contributed by atoms with Crippen molar-refractivity contribution in [1.29, 1.82) is 0 Å². The molecular weight excluding hydrogens is 272 g/mol. The number of ketones is 1. The van der Waals surface area contributed by atoms with Gasteiger partial charge < -0.3 is 4.74 Å². The maximum absolute atomic E-state index is 12.1. The Bertz CT molecular complexity index is 514. The molecule has 1 aliphatic rings. The standard InChI is InChI=1S/C15H20N2O4/c1-16(7-8-21-11-12-5-6-12)10-15(18)13-3-2-4-14(9-13)17(19)20/h2-4,9,12H,5-8,10-11H2,1H3. The van der Waals surface area contributed by atoms with Crippen LogP contribution in [0, 0.1) is 16.0 Å². The molecule has 0 bridgehead atoms. The van der Waals surface area contributed by atoms with E-state index in [1.165, 1.54) is 31.0 Å². The van der Waals surface area contributed by atoms with Crippen LogP contribution in [0.25, 0.3) is 0 Å². The Kier molecular flexibility index (Phi) is 5.41. The summed E-state index contributed by atoms with van der Waals surface area (Å²) in [6.07, 6.45) is 2.53. The van der Waals surface area contributed by atoms with Crippen LogP contribution in [0.3, 0.4) is 0 Å². The van der Waals surface area contributed by atoms with Crippen molar-refractivity contribution in [2.45, 2.75) is 12.8 Å². The van der Waals surface area contributed by atoms with Crippen molar-refractivity contribution >= 4 is 11.5 Å². The van der Waals surface area contributed by atoms with Gasteiger partial charge in [-0.3, -0.25) is 19.8 Å². The number of non-ortho nitro benzene ring substituents is 1. The zero-order valence-electron chi connectivity index (χ0n) is 12.2. The normalized spacial score (nSPS) is 14.4. The molecule has 0 amide bonds. The molecule has 114 valence electrons. The van der Waals surface area contributed by atoms with Gasteiger partial charge in [0.2, 0.25) is 0 Å². The second-order valence-corrected chi connectivity index (χ2v) is 5.49. The minimum Gasteiger partial charge on any atom is -0.380 e. The van der Waals surface area contributed by atoms with Gasteiger partial charge in [-0.05, 0) is 25.8 Å². The molecule has 0 spiro atoms. The number of benzene rings is 1. The quantitative estimate of drug-likeness (QED) is 0.302. The Morgan fingerprint density at radius 1 is 1.48 bits per heavy atom. The third-order valence-corrected chi connectivity index (χ3v) is 3.46. The van der Waals surface area contributed by atoms with Crippen molar-refractivity contribution in [3.63, 3.8) is 0 Å². The lowest BCUT2D eigenvalue weighted by Gasteiger charge is -2.15. The molecule has 0 unspecified atom stereocenters. The molecule has 2 rings (SSSR count). The van der Waals surface area contributed by atoms with Crippen LogP contribution < -0.4 is 0 Å². The first-order valence-electron chi connectivity index (χ1n) is 7.10. The molecule has 0 saturated heterocycles. The van der Waals surface area contributed by atoms with Crippen molar-refractivity contribution < 1.29 is 14.5 Å². The topological polar surface area (TPSA) is 72.7 Å². The summed E-state index contributed by atoms with van der Waals surface area (Å²) in [5.41, 5.74) is 0.311. The fraction of sp³-hybridized carbons (Fsp3) is 0.533. The van der Waals surface area contributed by atoms with Crippen LogP contribution in [0.15, 0.2) is 24.3 Å². The third-order valence-electron chi connectivity index (χ3n) is 3.46. The number of carbonyl (C=O) groups excluding carboxylic acids is 1. The molecule has 0 atom stereocenters. The van der Waals surface area contributed by atoms with Crippen LogP contribution >= 0.6 is 0 Å². The number of hydrogen-bond donors (Lipinski definition) is 0. The van der Waals surface area contributed by atoms with Gasteiger partial charge in [0.1, 0.15) is 0 Å². The Hall–Kier alpha value is -1.79. The van der Waals surface area contributed by atoms with Crippen molar-refractivity contribution in [3.8, 4) is 0 Å². The zero-order valence-corrected chi connectivity index (χ0v) is 12.2. The first kappa shape index (κ1) is 15.6. The van der Waals surface area contributed by atoms with Gasteiger partial charge in [0, 0.05) is 30.8 Å². The van der Waals surface area contributed by atoms with Crippen LogP contribution in [0.5, 0.6) is 0 Å². The highest BCUT2D eigenvalue weighted by molar-refractivity contribution is 5.98. The predicted octanol–water partition coefficient (Wildman–Crippen LogP) is 2.14. The van der Waals surface area contributed by atoms with Gasteiger partial charge >= 0.3 is 0 Å². The number of ether oxygens (including phenoxy) is 1. The van der Waals surface area contributed by atoms with E-state index < -0.39 is 4.92 Å². The summed E-state index contributed by atoms with van der Waals surface area (Å²) in [4.78, 5) is 24.2. The van der Waals surface area contributed by atoms with E-state index in [1.54, 1.807) is 6.07 Å². The molecule has 0 aliphatic heterocycles. The lowest BCUT2D eigenvalue weighted by molar-refractivity contribution is -0.384. The Morgan fingerprint density at radius 2 is 2.24 bits per heavy atom. The third kappa shape index (κ3) is 5.24. The maximum Gasteiger partial charge on any atom is 0.270 e. The highest BCUT2D eigenvalue weighted by atomic mass is 16.6. The van der Waals surface area contributed by atoms with Crippen molar-refractivity contribution in [2.24, 2.45) is 5.92 Å². The highest BCUT2D eigenvalue weighted by Crippen LogP contribution is 2.28. The van der Waals surface area contributed by atoms with Crippen LogP contribution in [0.2, 0.25) is 0 Å². The molecule has 21 heavy (non-hydrogen) atoms. The molecule has 6 nitrogen and oxygen atoms in total. The summed E-state index contributed by atoms with van der Waals surface area (Å²) in [6, 6.07) is 5.84. The van der Waals surface area contributed by atoms with E-state index in [2.05, 4.69) is 0 Å². The number of Topliss-reactive ketones (excluding diaryl/α,β-unsaturated/α-hetero) is 1. The van der Waals surface area contributed by atoms with E-state index in [9.17, 15) is 14.9 Å². The lowest BCUT2D eigenvalue weighted by atomic mass is 10.1.